The van der Waals surface area contributed by atoms with Crippen molar-refractivity contribution >= 4 is 48.6 Å². The van der Waals surface area contributed by atoms with Gasteiger partial charge in [-0.1, -0.05) is 158 Å². The van der Waals surface area contributed by atoms with Gasteiger partial charge in [-0.15, -0.1) is 11.3 Å². The third kappa shape index (κ3) is 5.66. The van der Waals surface area contributed by atoms with E-state index in [1.807, 2.05) is 11.3 Å². The average molecular weight is 656 g/mol. The summed E-state index contributed by atoms with van der Waals surface area (Å²) in [6.07, 6.45) is 0. The third-order valence-corrected chi connectivity index (χ3v) is 10.7. The molecule has 9 rings (SSSR count). The minimum absolute atomic E-state index is 1.11. The molecule has 9 aromatic rings. The molecular formula is C48H33NS. The van der Waals surface area contributed by atoms with Crippen molar-refractivity contribution in [2.75, 3.05) is 4.90 Å². The number of anilines is 3. The van der Waals surface area contributed by atoms with Crippen LogP contribution < -0.4 is 4.90 Å². The van der Waals surface area contributed by atoms with Crippen molar-refractivity contribution in [2.24, 2.45) is 0 Å². The molecule has 1 heterocycles. The second-order valence-electron chi connectivity index (χ2n) is 12.6. The first kappa shape index (κ1) is 29.9. The minimum Gasteiger partial charge on any atom is -0.311 e. The summed E-state index contributed by atoms with van der Waals surface area (Å²) < 4.78 is 2.66. The fourth-order valence-electron chi connectivity index (χ4n) is 6.93. The van der Waals surface area contributed by atoms with E-state index in [1.165, 1.54) is 64.7 Å². The SMILES string of the molecule is c1ccc(-c2ccc(-c3ccc(N(c4ccc(-c5ccccc5)cc4)c4ccc(-c5cccc6c5sc5ccccc56)cc4)cc3)cc2)cc1. The molecule has 0 amide bonds. The molecule has 0 fully saturated rings. The van der Waals surface area contributed by atoms with Crippen molar-refractivity contribution in [2.45, 2.75) is 0 Å². The van der Waals surface area contributed by atoms with Crippen LogP contribution in [0.2, 0.25) is 0 Å². The van der Waals surface area contributed by atoms with Gasteiger partial charge in [0.1, 0.15) is 0 Å². The number of nitrogens with zero attached hydrogens (tertiary/aromatic N) is 1. The first-order valence-corrected chi connectivity index (χ1v) is 17.8. The van der Waals surface area contributed by atoms with Gasteiger partial charge in [0.25, 0.3) is 0 Å². The molecule has 50 heavy (non-hydrogen) atoms. The maximum Gasteiger partial charge on any atom is 0.0462 e. The highest BCUT2D eigenvalue weighted by Gasteiger charge is 2.15. The summed E-state index contributed by atoms with van der Waals surface area (Å²) in [5.41, 5.74) is 13.1. The zero-order valence-corrected chi connectivity index (χ0v) is 28.2. The molecule has 1 aromatic heterocycles. The Morgan fingerprint density at radius 2 is 0.660 bits per heavy atom. The van der Waals surface area contributed by atoms with Gasteiger partial charge in [0.05, 0.1) is 0 Å². The van der Waals surface area contributed by atoms with Gasteiger partial charge >= 0.3 is 0 Å². The van der Waals surface area contributed by atoms with Gasteiger partial charge in [-0.2, -0.15) is 0 Å². The van der Waals surface area contributed by atoms with Gasteiger partial charge in [0, 0.05) is 37.2 Å². The van der Waals surface area contributed by atoms with Gasteiger partial charge in [0.15, 0.2) is 0 Å². The highest BCUT2D eigenvalue weighted by atomic mass is 32.1. The number of benzene rings is 8. The molecule has 8 aromatic carbocycles. The molecule has 0 spiro atoms. The maximum absolute atomic E-state index is 2.35. The van der Waals surface area contributed by atoms with Crippen molar-refractivity contribution in [1.82, 2.24) is 0 Å². The smallest absolute Gasteiger partial charge is 0.0462 e. The van der Waals surface area contributed by atoms with Crippen LogP contribution in [0.5, 0.6) is 0 Å². The molecule has 0 N–H and O–H groups in total. The lowest BCUT2D eigenvalue weighted by atomic mass is 10.00. The Morgan fingerprint density at radius 3 is 1.16 bits per heavy atom. The van der Waals surface area contributed by atoms with Gasteiger partial charge < -0.3 is 4.90 Å². The van der Waals surface area contributed by atoms with Gasteiger partial charge in [0.2, 0.25) is 0 Å². The van der Waals surface area contributed by atoms with E-state index in [0.717, 1.165) is 17.1 Å². The molecular weight excluding hydrogens is 623 g/mol. The molecule has 0 aliphatic carbocycles. The summed E-state index contributed by atoms with van der Waals surface area (Å²) in [6, 6.07) is 72.2. The lowest BCUT2D eigenvalue weighted by Crippen LogP contribution is -2.09. The molecule has 0 atom stereocenters. The molecule has 0 radical (unpaired) electrons. The highest BCUT2D eigenvalue weighted by Crippen LogP contribution is 2.42. The van der Waals surface area contributed by atoms with Crippen LogP contribution in [0.3, 0.4) is 0 Å². The summed E-state index contributed by atoms with van der Waals surface area (Å²) in [4.78, 5) is 2.35. The Kier molecular flexibility index (Phi) is 7.77. The average Bonchev–Trinajstić information content (AvgIpc) is 3.59. The van der Waals surface area contributed by atoms with Crippen LogP contribution in [0.1, 0.15) is 0 Å². The Bertz CT molecular complexity index is 2530. The van der Waals surface area contributed by atoms with Crippen molar-refractivity contribution < 1.29 is 0 Å². The summed E-state index contributed by atoms with van der Waals surface area (Å²) in [5.74, 6) is 0. The Labute approximate surface area is 297 Å². The Morgan fingerprint density at radius 1 is 0.280 bits per heavy atom. The number of hydrogen-bond donors (Lipinski definition) is 0. The summed E-state index contributed by atoms with van der Waals surface area (Å²) in [6.45, 7) is 0. The third-order valence-electron chi connectivity index (χ3n) is 9.52. The zero-order valence-electron chi connectivity index (χ0n) is 27.4. The second kappa shape index (κ2) is 13.0. The number of hydrogen-bond acceptors (Lipinski definition) is 2. The Balaban J connectivity index is 1.07. The number of fused-ring (bicyclic) bond motifs is 3. The first-order chi connectivity index (χ1) is 24.8. The molecule has 0 unspecified atom stereocenters. The molecule has 2 heteroatoms. The number of rotatable bonds is 7. The lowest BCUT2D eigenvalue weighted by Gasteiger charge is -2.26. The molecule has 0 aliphatic heterocycles. The van der Waals surface area contributed by atoms with E-state index in [4.69, 9.17) is 0 Å². The molecule has 0 saturated heterocycles. The van der Waals surface area contributed by atoms with Crippen LogP contribution >= 0.6 is 11.3 Å². The van der Waals surface area contributed by atoms with Crippen LogP contribution in [-0.4, -0.2) is 0 Å². The van der Waals surface area contributed by atoms with E-state index in [2.05, 4.69) is 205 Å². The second-order valence-corrected chi connectivity index (χ2v) is 13.6. The van der Waals surface area contributed by atoms with Crippen LogP contribution in [0.25, 0.3) is 64.7 Å². The van der Waals surface area contributed by atoms with Crippen molar-refractivity contribution in [1.29, 1.82) is 0 Å². The highest BCUT2D eigenvalue weighted by molar-refractivity contribution is 7.26. The van der Waals surface area contributed by atoms with E-state index in [-0.39, 0.29) is 0 Å². The first-order valence-electron chi connectivity index (χ1n) is 17.0. The fraction of sp³-hybridized carbons (Fsp3) is 0. The van der Waals surface area contributed by atoms with Crippen molar-refractivity contribution in [3.8, 4) is 44.5 Å². The zero-order chi connectivity index (χ0) is 33.3. The topological polar surface area (TPSA) is 3.24 Å². The Hall–Kier alpha value is -6.22. The van der Waals surface area contributed by atoms with E-state index >= 15 is 0 Å². The minimum atomic E-state index is 1.11. The molecule has 1 nitrogen and oxygen atoms in total. The largest absolute Gasteiger partial charge is 0.311 e. The van der Waals surface area contributed by atoms with Crippen molar-refractivity contribution in [3.05, 3.63) is 200 Å². The van der Waals surface area contributed by atoms with Crippen LogP contribution in [-0.2, 0) is 0 Å². The van der Waals surface area contributed by atoms with E-state index in [9.17, 15) is 0 Å². The normalized spacial score (nSPS) is 11.2. The van der Waals surface area contributed by atoms with E-state index in [0.29, 0.717) is 0 Å². The quantitative estimate of drug-likeness (QED) is 0.165. The molecule has 0 bridgehead atoms. The maximum atomic E-state index is 2.35. The van der Waals surface area contributed by atoms with E-state index < -0.39 is 0 Å². The van der Waals surface area contributed by atoms with Gasteiger partial charge in [-0.3, -0.25) is 0 Å². The molecule has 0 saturated carbocycles. The van der Waals surface area contributed by atoms with Gasteiger partial charge in [-0.05, 0) is 87.0 Å². The monoisotopic (exact) mass is 655 g/mol. The van der Waals surface area contributed by atoms with Crippen LogP contribution in [0.15, 0.2) is 200 Å². The molecule has 236 valence electrons. The van der Waals surface area contributed by atoms with Crippen molar-refractivity contribution in [3.63, 3.8) is 0 Å². The fourth-order valence-corrected chi connectivity index (χ4v) is 8.17. The number of thiophene rings is 1. The molecule has 0 aliphatic rings. The predicted molar refractivity (Wildman–Crippen MR) is 216 cm³/mol. The van der Waals surface area contributed by atoms with Crippen LogP contribution in [0.4, 0.5) is 17.1 Å². The summed E-state index contributed by atoms with van der Waals surface area (Å²) >= 11 is 1.88. The van der Waals surface area contributed by atoms with Gasteiger partial charge in [-0.25, -0.2) is 0 Å². The lowest BCUT2D eigenvalue weighted by molar-refractivity contribution is 1.28. The van der Waals surface area contributed by atoms with E-state index in [1.54, 1.807) is 0 Å². The summed E-state index contributed by atoms with van der Waals surface area (Å²) in [5, 5.41) is 2.65. The standard InChI is InChI=1S/C48H33NS/c1-3-10-34(11-4-1)36-18-20-37(21-19-36)39-24-30-42(31-25-39)49(41-28-22-38(23-29-41)35-12-5-2-6-13-35)43-32-26-40(27-33-43)44-15-9-16-46-45-14-7-8-17-47(45)50-48(44)46/h1-33H. The predicted octanol–water partition coefficient (Wildman–Crippen LogP) is 14.2. The summed E-state index contributed by atoms with van der Waals surface area (Å²) in [7, 11) is 0. The van der Waals surface area contributed by atoms with Crippen LogP contribution in [0, 0.1) is 0 Å².